The van der Waals surface area contributed by atoms with E-state index in [1.807, 2.05) is 6.07 Å². The average Bonchev–Trinajstić information content (AvgIpc) is 3.15. The van der Waals surface area contributed by atoms with Gasteiger partial charge in [-0.05, 0) is 49.7 Å². The van der Waals surface area contributed by atoms with Crippen LogP contribution in [0.5, 0.6) is 5.75 Å². The molecule has 2 aromatic carbocycles. The first-order valence-electron chi connectivity index (χ1n) is 8.25. The van der Waals surface area contributed by atoms with Crippen LogP contribution in [0.15, 0.2) is 58.3 Å². The Morgan fingerprint density at radius 1 is 1.16 bits per heavy atom. The Morgan fingerprint density at radius 3 is 2.56 bits per heavy atom. The zero-order chi connectivity index (χ0) is 17.9. The van der Waals surface area contributed by atoms with Crippen molar-refractivity contribution in [3.63, 3.8) is 0 Å². The lowest BCUT2D eigenvalue weighted by atomic mass is 9.97. The van der Waals surface area contributed by atoms with E-state index in [4.69, 9.17) is 4.74 Å². The van der Waals surface area contributed by atoms with Crippen LogP contribution in [0.25, 0.3) is 0 Å². The van der Waals surface area contributed by atoms with Crippen molar-refractivity contribution in [1.29, 1.82) is 0 Å². The van der Waals surface area contributed by atoms with Gasteiger partial charge in [0.2, 0.25) is 9.84 Å². The normalized spacial score (nSPS) is 17.4. The third-order valence-electron chi connectivity index (χ3n) is 4.28. The first-order valence-corrected chi connectivity index (χ1v) is 9.74. The number of benzene rings is 2. The van der Waals surface area contributed by atoms with E-state index in [1.165, 1.54) is 6.92 Å². The van der Waals surface area contributed by atoms with Crippen molar-refractivity contribution >= 4 is 15.6 Å². The summed E-state index contributed by atoms with van der Waals surface area (Å²) in [5.74, 6) is 0.628. The monoisotopic (exact) mass is 359 g/mol. The molecule has 0 amide bonds. The third kappa shape index (κ3) is 3.91. The number of hydrogen-bond acceptors (Lipinski definition) is 5. The van der Waals surface area contributed by atoms with E-state index < -0.39 is 9.84 Å². The molecule has 1 atom stereocenters. The van der Waals surface area contributed by atoms with Gasteiger partial charge in [0, 0.05) is 12.5 Å². The minimum absolute atomic E-state index is 0.0675. The first kappa shape index (κ1) is 17.6. The van der Waals surface area contributed by atoms with Crippen LogP contribution in [0.3, 0.4) is 0 Å². The molecule has 0 bridgehead atoms. The molecule has 132 valence electrons. The van der Waals surface area contributed by atoms with Gasteiger partial charge in [0.15, 0.2) is 5.78 Å². The van der Waals surface area contributed by atoms with Crippen LogP contribution in [0, 0.1) is 0 Å². The van der Waals surface area contributed by atoms with E-state index >= 15 is 0 Å². The molecule has 1 heterocycles. The Balaban J connectivity index is 2.01. The molecule has 5 nitrogen and oxygen atoms in total. The maximum absolute atomic E-state index is 12.8. The lowest BCUT2D eigenvalue weighted by Crippen LogP contribution is -2.12. The van der Waals surface area contributed by atoms with Gasteiger partial charge in [-0.3, -0.25) is 4.79 Å². The topological polar surface area (TPSA) is 72.5 Å². The molecule has 25 heavy (non-hydrogen) atoms. The maximum atomic E-state index is 12.8. The molecular formula is C19H21NO4S. The van der Waals surface area contributed by atoms with Gasteiger partial charge in [-0.25, -0.2) is 8.42 Å². The molecular weight excluding hydrogens is 338 g/mol. The van der Waals surface area contributed by atoms with Crippen LogP contribution in [0.2, 0.25) is 0 Å². The minimum Gasteiger partial charge on any atom is -0.486 e. The number of nitrogens with one attached hydrogen (secondary N) is 1. The molecule has 3 rings (SSSR count). The van der Waals surface area contributed by atoms with E-state index in [0.29, 0.717) is 5.75 Å². The molecule has 1 aliphatic rings. The number of carbonyl (C=O) groups excluding carboxylic acids is 1. The molecule has 0 spiro atoms. The molecule has 0 radical (unpaired) electrons. The van der Waals surface area contributed by atoms with Crippen molar-refractivity contribution in [2.24, 2.45) is 0 Å². The predicted octanol–water partition coefficient (Wildman–Crippen LogP) is 2.56. The number of ether oxygens (including phenoxy) is 1. The minimum atomic E-state index is -3.62. The number of Topliss-reactive ketones (excluding diaryl/α,β-unsaturated/α-hetero) is 1. The van der Waals surface area contributed by atoms with Crippen molar-refractivity contribution in [2.75, 3.05) is 19.7 Å². The van der Waals surface area contributed by atoms with Gasteiger partial charge < -0.3 is 10.1 Å². The second-order valence-corrected chi connectivity index (χ2v) is 8.15. The Morgan fingerprint density at radius 2 is 1.92 bits per heavy atom. The van der Waals surface area contributed by atoms with Gasteiger partial charge in [-0.2, -0.15) is 0 Å². The fourth-order valence-corrected chi connectivity index (χ4v) is 4.28. The van der Waals surface area contributed by atoms with Gasteiger partial charge in [-0.15, -0.1) is 0 Å². The lowest BCUT2D eigenvalue weighted by Gasteiger charge is -2.17. The zero-order valence-corrected chi connectivity index (χ0v) is 14.9. The van der Waals surface area contributed by atoms with E-state index in [1.54, 1.807) is 42.5 Å². The van der Waals surface area contributed by atoms with Crippen LogP contribution >= 0.6 is 0 Å². The smallest absolute Gasteiger partial charge is 0.206 e. The van der Waals surface area contributed by atoms with Crippen LogP contribution in [0.4, 0.5) is 0 Å². The fourth-order valence-electron chi connectivity index (χ4n) is 2.98. The highest BCUT2D eigenvalue weighted by molar-refractivity contribution is 7.91. The first-order chi connectivity index (χ1) is 12.0. The summed E-state index contributed by atoms with van der Waals surface area (Å²) in [7, 11) is -3.62. The highest BCUT2D eigenvalue weighted by atomic mass is 32.2. The number of rotatable bonds is 6. The number of carbonyl (C=O) groups is 1. The van der Waals surface area contributed by atoms with Gasteiger partial charge in [-0.1, -0.05) is 24.3 Å². The van der Waals surface area contributed by atoms with Crippen LogP contribution < -0.4 is 10.1 Å². The summed E-state index contributed by atoms with van der Waals surface area (Å²) in [6, 6.07) is 13.3. The van der Waals surface area contributed by atoms with Crippen LogP contribution in [-0.2, 0) is 14.6 Å². The van der Waals surface area contributed by atoms with Gasteiger partial charge in [0.1, 0.15) is 12.4 Å². The molecule has 2 aromatic rings. The SMILES string of the molecule is CC(=O)COc1cc(S(=O)(=O)c2ccccc2)ccc1C1CCNC1. The number of ketones is 1. The number of sulfone groups is 1. The molecule has 6 heteroatoms. The lowest BCUT2D eigenvalue weighted by molar-refractivity contribution is -0.118. The zero-order valence-electron chi connectivity index (χ0n) is 14.1. The van der Waals surface area contributed by atoms with Crippen molar-refractivity contribution < 1.29 is 17.9 Å². The summed E-state index contributed by atoms with van der Waals surface area (Å²) in [6.07, 6.45) is 0.960. The van der Waals surface area contributed by atoms with Gasteiger partial charge in [0.05, 0.1) is 9.79 Å². The van der Waals surface area contributed by atoms with Crippen molar-refractivity contribution in [1.82, 2.24) is 5.32 Å². The Kier molecular flexibility index (Phi) is 5.20. The van der Waals surface area contributed by atoms with Crippen molar-refractivity contribution in [3.8, 4) is 5.75 Å². The third-order valence-corrected chi connectivity index (χ3v) is 6.05. The summed E-state index contributed by atoms with van der Waals surface area (Å²) in [5.41, 5.74) is 0.943. The largest absolute Gasteiger partial charge is 0.486 e. The van der Waals surface area contributed by atoms with E-state index in [0.717, 1.165) is 25.1 Å². The van der Waals surface area contributed by atoms with E-state index in [-0.39, 0.29) is 28.1 Å². The molecule has 0 saturated carbocycles. The quantitative estimate of drug-likeness (QED) is 0.858. The molecule has 1 aliphatic heterocycles. The molecule has 1 fully saturated rings. The van der Waals surface area contributed by atoms with E-state index in [2.05, 4.69) is 5.32 Å². The van der Waals surface area contributed by atoms with Crippen LogP contribution in [0.1, 0.15) is 24.8 Å². The molecule has 1 unspecified atom stereocenters. The highest BCUT2D eigenvalue weighted by Crippen LogP contribution is 2.34. The summed E-state index contributed by atoms with van der Waals surface area (Å²) in [6.45, 7) is 3.12. The van der Waals surface area contributed by atoms with Gasteiger partial charge in [0.25, 0.3) is 0 Å². The average molecular weight is 359 g/mol. The van der Waals surface area contributed by atoms with Crippen LogP contribution in [-0.4, -0.2) is 33.9 Å². The van der Waals surface area contributed by atoms with Crippen molar-refractivity contribution in [3.05, 3.63) is 54.1 Å². The molecule has 1 N–H and O–H groups in total. The standard InChI is InChI=1S/C19H21NO4S/c1-14(21)13-24-19-11-17(7-8-18(19)15-9-10-20-12-15)25(22,23)16-5-3-2-4-6-16/h2-8,11,15,20H,9-10,12-13H2,1H3. The summed E-state index contributed by atoms with van der Waals surface area (Å²) < 4.78 is 31.3. The summed E-state index contributed by atoms with van der Waals surface area (Å²) >= 11 is 0. The predicted molar refractivity (Wildman–Crippen MR) is 94.7 cm³/mol. The second kappa shape index (κ2) is 7.37. The number of hydrogen-bond donors (Lipinski definition) is 1. The van der Waals surface area contributed by atoms with E-state index in [9.17, 15) is 13.2 Å². The van der Waals surface area contributed by atoms with Crippen molar-refractivity contribution in [2.45, 2.75) is 29.1 Å². The maximum Gasteiger partial charge on any atom is 0.206 e. The molecule has 1 saturated heterocycles. The molecule has 0 aliphatic carbocycles. The Hall–Kier alpha value is -2.18. The van der Waals surface area contributed by atoms with Gasteiger partial charge >= 0.3 is 0 Å². The summed E-state index contributed by atoms with van der Waals surface area (Å²) in [5, 5.41) is 3.29. The summed E-state index contributed by atoms with van der Waals surface area (Å²) in [4.78, 5) is 11.7. The Labute approximate surface area is 147 Å². The highest BCUT2D eigenvalue weighted by Gasteiger charge is 2.24. The second-order valence-electron chi connectivity index (χ2n) is 6.20. The Bertz CT molecular complexity index is 856. The fraction of sp³-hybridized carbons (Fsp3) is 0.316. The molecule has 0 aromatic heterocycles.